The molecule has 0 radical (unpaired) electrons. The van der Waals surface area contributed by atoms with Crippen LogP contribution in [0.4, 0.5) is 0 Å². The van der Waals surface area contributed by atoms with E-state index in [1.165, 1.54) is 25.7 Å². The smallest absolute Gasteiger partial charge is 0.216 e. The monoisotopic (exact) mass is 366 g/mol. The molecule has 0 bridgehead atoms. The largest absolute Gasteiger partial charge is 0.366 e. The molecular weight excluding hydrogens is 343 g/mol. The molecule has 0 aromatic rings. The lowest BCUT2D eigenvalue weighted by Gasteiger charge is -2.35. The van der Waals surface area contributed by atoms with Crippen LogP contribution in [0.2, 0.25) is 0 Å². The molecular formula is C13H23IN2O2. The maximum atomic E-state index is 11.0. The van der Waals surface area contributed by atoms with Gasteiger partial charge in [-0.3, -0.25) is 9.69 Å². The van der Waals surface area contributed by atoms with Crippen LogP contribution in [0.15, 0.2) is 0 Å². The van der Waals surface area contributed by atoms with Gasteiger partial charge in [0.2, 0.25) is 5.91 Å². The lowest BCUT2D eigenvalue weighted by Crippen LogP contribution is -2.49. The van der Waals surface area contributed by atoms with Gasteiger partial charge >= 0.3 is 0 Å². The van der Waals surface area contributed by atoms with Gasteiger partial charge in [-0.2, -0.15) is 0 Å². The third-order valence-corrected chi connectivity index (χ3v) is 4.56. The molecule has 2 aliphatic rings. The molecule has 0 aromatic carbocycles. The summed E-state index contributed by atoms with van der Waals surface area (Å²) in [5, 5.41) is 2.96. The van der Waals surface area contributed by atoms with E-state index in [0.29, 0.717) is 6.04 Å². The predicted molar refractivity (Wildman–Crippen MR) is 79.8 cm³/mol. The van der Waals surface area contributed by atoms with Crippen molar-refractivity contribution in [2.24, 2.45) is 0 Å². The van der Waals surface area contributed by atoms with Crippen molar-refractivity contribution >= 4 is 28.5 Å². The van der Waals surface area contributed by atoms with Gasteiger partial charge < -0.3 is 10.1 Å². The van der Waals surface area contributed by atoms with Gasteiger partial charge in [-0.15, -0.1) is 0 Å². The molecule has 18 heavy (non-hydrogen) atoms. The molecule has 0 unspecified atom stereocenters. The molecule has 0 aromatic heterocycles. The lowest BCUT2D eigenvalue weighted by atomic mass is 9.95. The second-order valence-corrected chi connectivity index (χ2v) is 7.26. The Kier molecular flexibility index (Phi) is 4.88. The number of nitrogens with one attached hydrogen (secondary N) is 1. The molecule has 2 aliphatic heterocycles. The predicted octanol–water partition coefficient (Wildman–Crippen LogP) is 1.92. The van der Waals surface area contributed by atoms with Crippen LogP contribution in [-0.4, -0.2) is 46.2 Å². The zero-order valence-electron chi connectivity index (χ0n) is 11.2. The number of rotatable bonds is 5. The van der Waals surface area contributed by atoms with E-state index in [1.807, 2.05) is 0 Å². The van der Waals surface area contributed by atoms with Gasteiger partial charge in [0.1, 0.15) is 4.11 Å². The number of hydrogen-bond donors (Lipinski definition) is 1. The summed E-state index contributed by atoms with van der Waals surface area (Å²) in [6, 6.07) is 0.504. The van der Waals surface area contributed by atoms with Crippen molar-refractivity contribution in [1.82, 2.24) is 10.2 Å². The van der Waals surface area contributed by atoms with Gasteiger partial charge in [0, 0.05) is 25.0 Å². The average Bonchev–Trinajstić information content (AvgIpc) is 2.82. The Hall–Kier alpha value is 0.120. The number of hydrogen-bond acceptors (Lipinski definition) is 3. The summed E-state index contributed by atoms with van der Waals surface area (Å²) in [5.74, 6) is 0.0730. The molecule has 2 fully saturated rings. The molecule has 4 nitrogen and oxygen atoms in total. The first kappa shape index (κ1) is 14.5. The standard InChI is InChI=1S/C13H23IN2O2/c1-10(14)18-9-13-5-3-7-16(13)12(4-6-13)8-15-11(2)17/h10,12H,3-9H2,1-2H3,(H,15,17)/t10-,12+,13+/m0/s1. The second-order valence-electron chi connectivity index (χ2n) is 5.50. The highest BCUT2D eigenvalue weighted by Gasteiger charge is 2.49. The summed E-state index contributed by atoms with van der Waals surface area (Å²) in [6.07, 6.45) is 4.89. The van der Waals surface area contributed by atoms with E-state index in [1.54, 1.807) is 6.92 Å². The Morgan fingerprint density at radius 3 is 3.06 bits per heavy atom. The number of nitrogens with zero attached hydrogens (tertiary/aromatic N) is 1. The maximum absolute atomic E-state index is 11.0. The highest BCUT2D eigenvalue weighted by atomic mass is 127. The van der Waals surface area contributed by atoms with Gasteiger partial charge in [-0.25, -0.2) is 0 Å². The van der Waals surface area contributed by atoms with Crippen molar-refractivity contribution in [3.63, 3.8) is 0 Å². The Morgan fingerprint density at radius 2 is 2.39 bits per heavy atom. The van der Waals surface area contributed by atoms with E-state index in [-0.39, 0.29) is 15.6 Å². The van der Waals surface area contributed by atoms with Crippen LogP contribution in [-0.2, 0) is 9.53 Å². The van der Waals surface area contributed by atoms with Crippen molar-refractivity contribution in [3.05, 3.63) is 0 Å². The van der Waals surface area contributed by atoms with E-state index in [2.05, 4.69) is 39.7 Å². The van der Waals surface area contributed by atoms with Gasteiger partial charge in [-0.05, 0) is 39.2 Å². The fourth-order valence-electron chi connectivity index (χ4n) is 3.36. The fourth-order valence-corrected chi connectivity index (χ4v) is 3.54. The molecule has 0 aliphatic carbocycles. The van der Waals surface area contributed by atoms with Crippen molar-refractivity contribution in [1.29, 1.82) is 0 Å². The molecule has 2 heterocycles. The highest BCUT2D eigenvalue weighted by molar-refractivity contribution is 14.1. The number of alkyl halides is 1. The van der Waals surface area contributed by atoms with Crippen LogP contribution in [0.1, 0.15) is 39.5 Å². The van der Waals surface area contributed by atoms with E-state index in [9.17, 15) is 4.79 Å². The minimum absolute atomic E-state index is 0.0730. The van der Waals surface area contributed by atoms with Crippen molar-refractivity contribution in [3.8, 4) is 0 Å². The molecule has 0 spiro atoms. The summed E-state index contributed by atoms with van der Waals surface area (Å²) < 4.78 is 6.13. The van der Waals surface area contributed by atoms with Gasteiger partial charge in [-0.1, -0.05) is 22.6 Å². The quantitative estimate of drug-likeness (QED) is 0.597. The van der Waals surface area contributed by atoms with Crippen LogP contribution in [0.5, 0.6) is 0 Å². The van der Waals surface area contributed by atoms with Crippen molar-refractivity contribution < 1.29 is 9.53 Å². The van der Waals surface area contributed by atoms with Gasteiger partial charge in [0.15, 0.2) is 0 Å². The Labute approximate surface area is 123 Å². The number of carbonyl (C=O) groups is 1. The summed E-state index contributed by atoms with van der Waals surface area (Å²) in [7, 11) is 0. The molecule has 1 amide bonds. The molecule has 2 saturated heterocycles. The fraction of sp³-hybridized carbons (Fsp3) is 0.923. The number of ether oxygens (including phenoxy) is 1. The van der Waals surface area contributed by atoms with E-state index >= 15 is 0 Å². The molecule has 2 rings (SSSR count). The van der Waals surface area contributed by atoms with E-state index in [0.717, 1.165) is 19.7 Å². The summed E-state index contributed by atoms with van der Waals surface area (Å²) >= 11 is 2.31. The number of halogens is 1. The minimum atomic E-state index is 0.0730. The molecule has 5 heteroatoms. The lowest BCUT2D eigenvalue weighted by molar-refractivity contribution is -0.119. The number of carbonyl (C=O) groups excluding carboxylic acids is 1. The van der Waals surface area contributed by atoms with E-state index < -0.39 is 0 Å². The summed E-state index contributed by atoms with van der Waals surface area (Å²) in [6.45, 7) is 6.46. The number of fused-ring (bicyclic) bond motifs is 1. The first-order valence-corrected chi connectivity index (χ1v) is 8.05. The van der Waals surface area contributed by atoms with Crippen LogP contribution < -0.4 is 5.32 Å². The normalized spacial score (nSPS) is 33.4. The third kappa shape index (κ3) is 3.17. The summed E-state index contributed by atoms with van der Waals surface area (Å²) in [5.41, 5.74) is 0.253. The SMILES string of the molecule is CC(=O)NC[C@H]1CC[C@@]2(CO[C@@H](C)I)CCCN12. The van der Waals surface area contributed by atoms with Crippen molar-refractivity contribution in [2.45, 2.75) is 55.2 Å². The van der Waals surface area contributed by atoms with Crippen molar-refractivity contribution in [2.75, 3.05) is 19.7 Å². The minimum Gasteiger partial charge on any atom is -0.366 e. The van der Waals surface area contributed by atoms with Crippen LogP contribution >= 0.6 is 22.6 Å². The topological polar surface area (TPSA) is 41.6 Å². The zero-order chi connectivity index (χ0) is 13.2. The molecule has 104 valence electrons. The van der Waals surface area contributed by atoms with E-state index in [4.69, 9.17) is 4.74 Å². The Bertz CT molecular complexity index is 311. The molecule has 0 saturated carbocycles. The number of amides is 1. The van der Waals surface area contributed by atoms with Gasteiger partial charge in [0.25, 0.3) is 0 Å². The first-order chi connectivity index (χ1) is 8.53. The third-order valence-electron chi connectivity index (χ3n) is 4.20. The van der Waals surface area contributed by atoms with Gasteiger partial charge in [0.05, 0.1) is 6.61 Å². The van der Waals surface area contributed by atoms with Crippen LogP contribution in [0.3, 0.4) is 0 Å². The molecule has 1 N–H and O–H groups in total. The zero-order valence-corrected chi connectivity index (χ0v) is 13.4. The Morgan fingerprint density at radius 1 is 1.61 bits per heavy atom. The molecule has 3 atom stereocenters. The van der Waals surface area contributed by atoms with Crippen LogP contribution in [0, 0.1) is 0 Å². The Balaban J connectivity index is 1.93. The average molecular weight is 366 g/mol. The van der Waals surface area contributed by atoms with Crippen LogP contribution in [0.25, 0.3) is 0 Å². The first-order valence-electron chi connectivity index (χ1n) is 6.80. The maximum Gasteiger partial charge on any atom is 0.216 e. The highest BCUT2D eigenvalue weighted by Crippen LogP contribution is 2.42. The second kappa shape index (κ2) is 6.05. The summed E-state index contributed by atoms with van der Waals surface area (Å²) in [4.78, 5) is 13.6.